The van der Waals surface area contributed by atoms with E-state index in [-0.39, 0.29) is 5.41 Å². The minimum Gasteiger partial charge on any atom is -0.382 e. The van der Waals surface area contributed by atoms with Crippen LogP contribution >= 0.6 is 23.2 Å². The Kier molecular flexibility index (Phi) is 3.82. The van der Waals surface area contributed by atoms with E-state index in [1.807, 2.05) is 12.1 Å². The van der Waals surface area contributed by atoms with E-state index in [0.29, 0.717) is 33.2 Å². The van der Waals surface area contributed by atoms with Crippen molar-refractivity contribution in [1.29, 1.82) is 0 Å². The molecule has 1 aromatic heterocycles. The molecule has 1 spiro atoms. The molecular formula is C17H19Cl2N5. The lowest BCUT2D eigenvalue weighted by Crippen LogP contribution is -2.49. The van der Waals surface area contributed by atoms with Crippen LogP contribution < -0.4 is 16.4 Å². The molecule has 5 nitrogen and oxygen atoms in total. The van der Waals surface area contributed by atoms with E-state index in [9.17, 15) is 0 Å². The number of aromatic nitrogens is 2. The van der Waals surface area contributed by atoms with Crippen LogP contribution in [0.25, 0.3) is 11.3 Å². The summed E-state index contributed by atoms with van der Waals surface area (Å²) in [5, 5.41) is 0.911. The van der Waals surface area contributed by atoms with Crippen molar-refractivity contribution in [1.82, 2.24) is 9.97 Å². The van der Waals surface area contributed by atoms with Crippen LogP contribution in [0.4, 0.5) is 11.6 Å². The molecule has 2 aromatic rings. The fraction of sp³-hybridized carbons (Fsp3) is 0.412. The molecule has 126 valence electrons. The number of halogens is 2. The predicted octanol–water partition coefficient (Wildman–Crippen LogP) is 3.35. The molecule has 1 atom stereocenters. The molecule has 1 saturated carbocycles. The molecule has 2 aliphatic rings. The average molecular weight is 364 g/mol. The van der Waals surface area contributed by atoms with Crippen molar-refractivity contribution in [2.75, 3.05) is 23.7 Å². The van der Waals surface area contributed by atoms with E-state index in [2.05, 4.69) is 14.9 Å². The topological polar surface area (TPSA) is 81.1 Å². The molecule has 2 heterocycles. The number of nitrogens with zero attached hydrogens (tertiary/aromatic N) is 3. The number of hydrogen-bond acceptors (Lipinski definition) is 5. The minimum atomic E-state index is 0.267. The summed E-state index contributed by atoms with van der Waals surface area (Å²) in [6.45, 7) is 1.81. The van der Waals surface area contributed by atoms with Crippen molar-refractivity contribution >= 4 is 34.8 Å². The predicted molar refractivity (Wildman–Crippen MR) is 98.4 cm³/mol. The molecular weight excluding hydrogens is 345 g/mol. The summed E-state index contributed by atoms with van der Waals surface area (Å²) >= 11 is 12.4. The molecule has 1 saturated heterocycles. The van der Waals surface area contributed by atoms with Crippen LogP contribution in [-0.2, 0) is 0 Å². The molecule has 24 heavy (non-hydrogen) atoms. The summed E-state index contributed by atoms with van der Waals surface area (Å²) in [4.78, 5) is 11.3. The van der Waals surface area contributed by atoms with Gasteiger partial charge in [-0.05, 0) is 25.3 Å². The zero-order valence-corrected chi connectivity index (χ0v) is 14.7. The highest BCUT2D eigenvalue weighted by atomic mass is 35.5. The molecule has 0 bridgehead atoms. The largest absolute Gasteiger partial charge is 0.382 e. The maximum atomic E-state index is 6.27. The Hall–Kier alpha value is -1.56. The van der Waals surface area contributed by atoms with Gasteiger partial charge in [-0.2, -0.15) is 0 Å². The van der Waals surface area contributed by atoms with Gasteiger partial charge >= 0.3 is 0 Å². The third-order valence-electron chi connectivity index (χ3n) is 5.21. The van der Waals surface area contributed by atoms with Gasteiger partial charge in [0.25, 0.3) is 0 Å². The maximum absolute atomic E-state index is 6.27. The van der Waals surface area contributed by atoms with Crippen LogP contribution in [0.5, 0.6) is 0 Å². The van der Waals surface area contributed by atoms with Gasteiger partial charge in [0.1, 0.15) is 11.5 Å². The summed E-state index contributed by atoms with van der Waals surface area (Å²) in [5.41, 5.74) is 13.9. The van der Waals surface area contributed by atoms with E-state index >= 15 is 0 Å². The Bertz CT molecular complexity index is 791. The highest BCUT2D eigenvalue weighted by molar-refractivity contribution is 6.43. The first-order valence-corrected chi connectivity index (χ1v) is 8.83. The van der Waals surface area contributed by atoms with Crippen LogP contribution in [0.15, 0.2) is 24.4 Å². The quantitative estimate of drug-likeness (QED) is 0.854. The van der Waals surface area contributed by atoms with Gasteiger partial charge in [0.05, 0.1) is 16.2 Å². The highest BCUT2D eigenvalue weighted by Gasteiger charge is 2.51. The lowest BCUT2D eigenvalue weighted by atomic mass is 9.90. The lowest BCUT2D eigenvalue weighted by molar-refractivity contribution is 0.334. The zero-order valence-electron chi connectivity index (χ0n) is 13.2. The normalized spacial score (nSPS) is 22.0. The minimum absolute atomic E-state index is 0.267. The maximum Gasteiger partial charge on any atom is 0.152 e. The molecule has 0 radical (unpaired) electrons. The van der Waals surface area contributed by atoms with Crippen molar-refractivity contribution in [2.45, 2.75) is 25.3 Å². The third kappa shape index (κ3) is 2.61. The van der Waals surface area contributed by atoms with E-state index < -0.39 is 0 Å². The van der Waals surface area contributed by atoms with E-state index in [4.69, 9.17) is 34.7 Å². The number of rotatable bonds is 2. The molecule has 2 fully saturated rings. The molecule has 0 amide bonds. The summed E-state index contributed by atoms with van der Waals surface area (Å²) < 4.78 is 0. The van der Waals surface area contributed by atoms with E-state index in [1.54, 1.807) is 12.3 Å². The summed E-state index contributed by atoms with van der Waals surface area (Å²) in [6, 6.07) is 5.69. The van der Waals surface area contributed by atoms with Crippen molar-refractivity contribution < 1.29 is 0 Å². The first-order chi connectivity index (χ1) is 11.5. The second-order valence-electron chi connectivity index (χ2n) is 6.74. The number of anilines is 2. The van der Waals surface area contributed by atoms with Crippen LogP contribution in [0.2, 0.25) is 10.0 Å². The number of benzene rings is 1. The van der Waals surface area contributed by atoms with Gasteiger partial charge in [-0.3, -0.25) is 0 Å². The number of nitrogens with two attached hydrogens (primary N) is 2. The van der Waals surface area contributed by atoms with Crippen LogP contribution in [0.1, 0.15) is 19.3 Å². The van der Waals surface area contributed by atoms with Crippen molar-refractivity contribution in [3.05, 3.63) is 34.4 Å². The third-order valence-corrected chi connectivity index (χ3v) is 6.03. The second-order valence-corrected chi connectivity index (χ2v) is 7.53. The van der Waals surface area contributed by atoms with Crippen molar-refractivity contribution in [3.63, 3.8) is 0 Å². The molecule has 4 rings (SSSR count). The monoisotopic (exact) mass is 363 g/mol. The van der Waals surface area contributed by atoms with Gasteiger partial charge in [0.15, 0.2) is 5.82 Å². The number of hydrogen-bond donors (Lipinski definition) is 2. The molecule has 1 aromatic carbocycles. The SMILES string of the molecule is Nc1nc(N2CCC(N)C3(CC3)C2)cnc1-c1cccc(Cl)c1Cl. The molecule has 1 aliphatic carbocycles. The van der Waals surface area contributed by atoms with Gasteiger partial charge < -0.3 is 16.4 Å². The smallest absolute Gasteiger partial charge is 0.152 e. The highest BCUT2D eigenvalue weighted by Crippen LogP contribution is 2.51. The van der Waals surface area contributed by atoms with Gasteiger partial charge in [-0.25, -0.2) is 9.97 Å². The summed E-state index contributed by atoms with van der Waals surface area (Å²) in [7, 11) is 0. The molecule has 4 N–H and O–H groups in total. The van der Waals surface area contributed by atoms with Gasteiger partial charge in [0.2, 0.25) is 0 Å². The van der Waals surface area contributed by atoms with Crippen molar-refractivity contribution in [3.8, 4) is 11.3 Å². The Balaban J connectivity index is 1.64. The molecule has 7 heteroatoms. The Labute approximate surface area is 151 Å². The summed E-state index contributed by atoms with van der Waals surface area (Å²) in [5.74, 6) is 1.16. The Morgan fingerprint density at radius 2 is 2.04 bits per heavy atom. The first-order valence-electron chi connectivity index (χ1n) is 8.08. The van der Waals surface area contributed by atoms with Crippen LogP contribution in [0.3, 0.4) is 0 Å². The van der Waals surface area contributed by atoms with Crippen LogP contribution in [0, 0.1) is 5.41 Å². The first kappa shape index (κ1) is 15.9. The lowest BCUT2D eigenvalue weighted by Gasteiger charge is -2.38. The zero-order chi connectivity index (χ0) is 16.9. The van der Waals surface area contributed by atoms with Gasteiger partial charge in [-0.1, -0.05) is 35.3 Å². The fourth-order valence-electron chi connectivity index (χ4n) is 3.50. The fourth-order valence-corrected chi connectivity index (χ4v) is 3.89. The van der Waals surface area contributed by atoms with Gasteiger partial charge in [-0.15, -0.1) is 0 Å². The average Bonchev–Trinajstić information content (AvgIpc) is 3.34. The molecule has 1 aliphatic heterocycles. The molecule has 1 unspecified atom stereocenters. The van der Waals surface area contributed by atoms with Gasteiger partial charge in [0, 0.05) is 30.1 Å². The van der Waals surface area contributed by atoms with Crippen LogP contribution in [-0.4, -0.2) is 29.1 Å². The van der Waals surface area contributed by atoms with E-state index in [1.165, 1.54) is 12.8 Å². The Morgan fingerprint density at radius 3 is 2.75 bits per heavy atom. The van der Waals surface area contributed by atoms with Crippen molar-refractivity contribution in [2.24, 2.45) is 11.1 Å². The Morgan fingerprint density at radius 1 is 1.25 bits per heavy atom. The number of nitrogen functional groups attached to an aromatic ring is 1. The standard InChI is InChI=1S/C17H19Cl2N5/c18-11-3-1-2-10(14(11)19)15-16(21)23-13(8-22-15)24-7-4-12(20)17(9-24)5-6-17/h1-3,8,12H,4-7,9,20H2,(H2,21,23). The summed E-state index contributed by atoms with van der Waals surface area (Å²) in [6.07, 6.45) is 5.13. The number of piperidine rings is 1. The van der Waals surface area contributed by atoms with E-state index in [0.717, 1.165) is 25.3 Å². The second kappa shape index (κ2) is 5.76.